The minimum absolute atomic E-state index is 0.0976. The Morgan fingerprint density at radius 3 is 2.52 bits per heavy atom. The van der Waals surface area contributed by atoms with Gasteiger partial charge in [-0.2, -0.15) is 0 Å². The summed E-state index contributed by atoms with van der Waals surface area (Å²) in [5.74, 6) is -0.224. The topological polar surface area (TPSA) is 20.3 Å². The molecule has 1 saturated carbocycles. The van der Waals surface area contributed by atoms with Crippen molar-refractivity contribution >= 4 is 17.4 Å². The van der Waals surface area contributed by atoms with Crippen LogP contribution in [0.3, 0.4) is 0 Å². The molecule has 1 heterocycles. The Bertz CT molecular complexity index is 534. The van der Waals surface area contributed by atoms with Crippen molar-refractivity contribution in [3.63, 3.8) is 0 Å². The van der Waals surface area contributed by atoms with Gasteiger partial charge in [-0.05, 0) is 50.4 Å². The van der Waals surface area contributed by atoms with Gasteiger partial charge in [0.2, 0.25) is 0 Å². The van der Waals surface area contributed by atoms with Crippen LogP contribution in [0.15, 0.2) is 18.2 Å². The molecule has 2 fully saturated rings. The molecule has 0 radical (unpaired) electrons. The van der Waals surface area contributed by atoms with Crippen molar-refractivity contribution in [1.82, 2.24) is 4.90 Å². The highest BCUT2D eigenvalue weighted by molar-refractivity contribution is 6.31. The second kappa shape index (κ2) is 6.05. The maximum atomic E-state index is 13.5. The lowest BCUT2D eigenvalue weighted by molar-refractivity contribution is -0.129. The lowest BCUT2D eigenvalue weighted by Gasteiger charge is -2.37. The van der Waals surface area contributed by atoms with E-state index in [0.29, 0.717) is 5.56 Å². The lowest BCUT2D eigenvalue weighted by Crippen LogP contribution is -2.52. The summed E-state index contributed by atoms with van der Waals surface area (Å²) >= 11 is 6.01. The first kappa shape index (κ1) is 15.0. The average molecular weight is 310 g/mol. The number of hydrogen-bond donors (Lipinski definition) is 0. The zero-order chi connectivity index (χ0) is 14.9. The van der Waals surface area contributed by atoms with E-state index in [9.17, 15) is 9.18 Å². The van der Waals surface area contributed by atoms with Gasteiger partial charge in [0.25, 0.3) is 0 Å². The highest BCUT2D eigenvalue weighted by Gasteiger charge is 2.46. The van der Waals surface area contributed by atoms with Gasteiger partial charge in [-0.3, -0.25) is 9.69 Å². The predicted octanol–water partition coefficient (Wildman–Crippen LogP) is 4.00. The molecular formula is C17H21ClFNO. The van der Waals surface area contributed by atoms with Gasteiger partial charge in [-0.25, -0.2) is 4.39 Å². The van der Waals surface area contributed by atoms with E-state index < -0.39 is 5.82 Å². The minimum atomic E-state index is -0.441. The molecule has 0 bridgehead atoms. The normalized spacial score (nSPS) is 21.8. The Hall–Kier alpha value is -0.930. The molecule has 0 atom stereocenters. The number of rotatable bonds is 4. The van der Waals surface area contributed by atoms with Gasteiger partial charge in [0.05, 0.1) is 10.6 Å². The Morgan fingerprint density at radius 1 is 1.19 bits per heavy atom. The monoisotopic (exact) mass is 309 g/mol. The minimum Gasteiger partial charge on any atom is -0.297 e. The van der Waals surface area contributed by atoms with E-state index in [1.807, 2.05) is 0 Å². The van der Waals surface area contributed by atoms with Crippen LogP contribution in [0.25, 0.3) is 0 Å². The smallest absolute Gasteiger partial charge is 0.157 e. The fraction of sp³-hybridized carbons (Fsp3) is 0.588. The highest BCUT2D eigenvalue weighted by atomic mass is 35.5. The number of nitrogens with zero attached hydrogens (tertiary/aromatic N) is 1. The van der Waals surface area contributed by atoms with E-state index in [1.54, 1.807) is 12.1 Å². The molecule has 2 aliphatic rings. The molecule has 1 aromatic carbocycles. The molecule has 3 rings (SSSR count). The van der Waals surface area contributed by atoms with E-state index in [2.05, 4.69) is 4.90 Å². The third-order valence-corrected chi connectivity index (χ3v) is 5.47. The first-order valence-electron chi connectivity index (χ1n) is 7.85. The molecule has 4 heteroatoms. The SMILES string of the molecule is O=C(Cc1cccc(F)c1Cl)C1(N2CCCC2)CCCC1. The van der Waals surface area contributed by atoms with Gasteiger partial charge >= 0.3 is 0 Å². The first-order valence-corrected chi connectivity index (χ1v) is 8.22. The fourth-order valence-electron chi connectivity index (χ4n) is 3.90. The van der Waals surface area contributed by atoms with Gasteiger partial charge in [0.15, 0.2) is 5.78 Å². The molecule has 0 spiro atoms. The van der Waals surface area contributed by atoms with Crippen LogP contribution < -0.4 is 0 Å². The van der Waals surface area contributed by atoms with Crippen LogP contribution in [0.4, 0.5) is 4.39 Å². The molecule has 1 saturated heterocycles. The van der Waals surface area contributed by atoms with Gasteiger partial charge in [0.1, 0.15) is 5.82 Å². The fourth-order valence-corrected chi connectivity index (χ4v) is 4.09. The van der Waals surface area contributed by atoms with Crippen LogP contribution >= 0.6 is 11.6 Å². The molecule has 21 heavy (non-hydrogen) atoms. The van der Waals surface area contributed by atoms with E-state index in [0.717, 1.165) is 38.8 Å². The summed E-state index contributed by atoms with van der Waals surface area (Å²) in [7, 11) is 0. The Kier molecular flexibility index (Phi) is 4.32. The van der Waals surface area contributed by atoms with Gasteiger partial charge in [-0.1, -0.05) is 36.6 Å². The summed E-state index contributed by atoms with van der Waals surface area (Å²) in [6.07, 6.45) is 6.70. The summed E-state index contributed by atoms with van der Waals surface area (Å²) in [4.78, 5) is 15.3. The first-order chi connectivity index (χ1) is 10.1. The van der Waals surface area contributed by atoms with Gasteiger partial charge in [-0.15, -0.1) is 0 Å². The predicted molar refractivity (Wildman–Crippen MR) is 82.1 cm³/mol. The third-order valence-electron chi connectivity index (χ3n) is 5.04. The van der Waals surface area contributed by atoms with Crippen molar-refractivity contribution in [3.8, 4) is 0 Å². The summed E-state index contributed by atoms with van der Waals surface area (Å²) in [5, 5.41) is 0.0976. The van der Waals surface area contributed by atoms with Crippen molar-refractivity contribution in [2.24, 2.45) is 0 Å². The van der Waals surface area contributed by atoms with Gasteiger partial charge < -0.3 is 0 Å². The Morgan fingerprint density at radius 2 is 1.86 bits per heavy atom. The third kappa shape index (κ3) is 2.74. The van der Waals surface area contributed by atoms with Crippen LogP contribution in [-0.2, 0) is 11.2 Å². The number of halogens is 2. The van der Waals surface area contributed by atoms with Crippen LogP contribution in [0, 0.1) is 5.82 Å². The standard InChI is InChI=1S/C17H21ClFNO/c18-16-13(6-5-7-14(16)19)12-15(21)17(8-1-2-9-17)20-10-3-4-11-20/h5-7H,1-4,8-12H2. The lowest BCUT2D eigenvalue weighted by atomic mass is 9.86. The summed E-state index contributed by atoms with van der Waals surface area (Å²) < 4.78 is 13.5. The Labute approximate surface area is 130 Å². The summed E-state index contributed by atoms with van der Waals surface area (Å²) in [6, 6.07) is 4.72. The van der Waals surface area contributed by atoms with Crippen LogP contribution in [0.2, 0.25) is 5.02 Å². The van der Waals surface area contributed by atoms with Gasteiger partial charge in [0, 0.05) is 6.42 Å². The van der Waals surface area contributed by atoms with Crippen molar-refractivity contribution in [2.45, 2.75) is 50.5 Å². The summed E-state index contributed by atoms with van der Waals surface area (Å²) in [5.41, 5.74) is 0.304. The van der Waals surface area contributed by atoms with E-state index >= 15 is 0 Å². The number of benzene rings is 1. The zero-order valence-electron chi connectivity index (χ0n) is 12.2. The van der Waals surface area contributed by atoms with Crippen LogP contribution in [0.5, 0.6) is 0 Å². The molecule has 0 N–H and O–H groups in total. The molecule has 0 unspecified atom stereocenters. The number of carbonyl (C=O) groups excluding carboxylic acids is 1. The molecular weight excluding hydrogens is 289 g/mol. The summed E-state index contributed by atoms with van der Waals surface area (Å²) in [6.45, 7) is 2.03. The molecule has 2 nitrogen and oxygen atoms in total. The molecule has 1 aliphatic carbocycles. The molecule has 0 aromatic heterocycles. The number of carbonyl (C=O) groups is 1. The average Bonchev–Trinajstić information content (AvgIpc) is 3.14. The van der Waals surface area contributed by atoms with Crippen molar-refractivity contribution in [2.75, 3.05) is 13.1 Å². The number of ketones is 1. The second-order valence-corrected chi connectivity index (χ2v) is 6.62. The largest absolute Gasteiger partial charge is 0.297 e. The molecule has 114 valence electrons. The van der Waals surface area contributed by atoms with Crippen molar-refractivity contribution in [1.29, 1.82) is 0 Å². The number of likely N-dealkylation sites (tertiary alicyclic amines) is 1. The maximum absolute atomic E-state index is 13.5. The van der Waals surface area contributed by atoms with Crippen LogP contribution in [-0.4, -0.2) is 29.3 Å². The van der Waals surface area contributed by atoms with E-state index in [-0.39, 0.29) is 22.8 Å². The highest BCUT2D eigenvalue weighted by Crippen LogP contribution is 2.39. The van der Waals surface area contributed by atoms with E-state index in [1.165, 1.54) is 18.9 Å². The van der Waals surface area contributed by atoms with Crippen molar-refractivity contribution in [3.05, 3.63) is 34.6 Å². The molecule has 0 amide bonds. The quantitative estimate of drug-likeness (QED) is 0.838. The van der Waals surface area contributed by atoms with Crippen LogP contribution in [0.1, 0.15) is 44.1 Å². The second-order valence-electron chi connectivity index (χ2n) is 6.25. The zero-order valence-corrected chi connectivity index (χ0v) is 13.0. The van der Waals surface area contributed by atoms with E-state index in [4.69, 9.17) is 11.6 Å². The number of hydrogen-bond acceptors (Lipinski definition) is 2. The van der Waals surface area contributed by atoms with Crippen molar-refractivity contribution < 1.29 is 9.18 Å². The Balaban J connectivity index is 1.83. The maximum Gasteiger partial charge on any atom is 0.157 e. The number of Topliss-reactive ketones (excluding diaryl/α,β-unsaturated/α-hetero) is 1. The molecule has 1 aromatic rings. The molecule has 1 aliphatic heterocycles.